The van der Waals surface area contributed by atoms with Gasteiger partial charge in [-0.1, -0.05) is 0 Å². The molecule has 0 saturated heterocycles. The van der Waals surface area contributed by atoms with E-state index in [2.05, 4.69) is 19.7 Å². The number of nitrogens with zero attached hydrogens (tertiary/aromatic N) is 3. The molecule has 0 unspecified atom stereocenters. The van der Waals surface area contributed by atoms with Crippen LogP contribution in [0, 0.1) is 6.92 Å². The summed E-state index contributed by atoms with van der Waals surface area (Å²) < 4.78 is 4.57. The number of ether oxygens (including phenoxy) is 1. The van der Waals surface area contributed by atoms with Gasteiger partial charge in [-0.25, -0.2) is 19.7 Å². The smallest absolute Gasteiger partial charge is 0.357 e. The van der Waals surface area contributed by atoms with E-state index in [1.54, 1.807) is 17.8 Å². The van der Waals surface area contributed by atoms with Gasteiger partial charge < -0.3 is 4.74 Å². The van der Waals surface area contributed by atoms with E-state index in [9.17, 15) is 4.79 Å². The van der Waals surface area contributed by atoms with Crippen LogP contribution in [0.25, 0.3) is 10.8 Å². The van der Waals surface area contributed by atoms with Crippen molar-refractivity contribution in [2.24, 2.45) is 0 Å². The van der Waals surface area contributed by atoms with Gasteiger partial charge in [-0.2, -0.15) is 0 Å². The Bertz CT molecular complexity index is 507. The number of rotatable bonds is 2. The molecule has 0 saturated carbocycles. The van der Waals surface area contributed by atoms with Crippen molar-refractivity contribution in [3.63, 3.8) is 0 Å². The van der Waals surface area contributed by atoms with Crippen LogP contribution in [0.1, 0.15) is 16.1 Å². The molecule has 2 aromatic rings. The summed E-state index contributed by atoms with van der Waals surface area (Å²) >= 11 is 1.32. The molecule has 0 bridgehead atoms. The van der Waals surface area contributed by atoms with E-state index in [1.807, 2.05) is 6.92 Å². The first kappa shape index (κ1) is 10.7. The molecule has 82 valence electrons. The van der Waals surface area contributed by atoms with Crippen LogP contribution in [0.4, 0.5) is 0 Å². The Morgan fingerprint density at radius 2 is 2.06 bits per heavy atom. The van der Waals surface area contributed by atoms with Gasteiger partial charge in [0.05, 0.1) is 7.11 Å². The van der Waals surface area contributed by atoms with Crippen molar-refractivity contribution in [3.05, 3.63) is 29.0 Å². The van der Waals surface area contributed by atoms with Crippen LogP contribution >= 0.6 is 11.3 Å². The van der Waals surface area contributed by atoms with E-state index >= 15 is 0 Å². The summed E-state index contributed by atoms with van der Waals surface area (Å²) in [5, 5.41) is 2.24. The average Bonchev–Trinajstić information content (AvgIpc) is 2.78. The van der Waals surface area contributed by atoms with Crippen molar-refractivity contribution in [2.75, 3.05) is 7.11 Å². The Morgan fingerprint density at radius 3 is 2.69 bits per heavy atom. The molecule has 0 amide bonds. The molecule has 5 nitrogen and oxygen atoms in total. The second-order valence-electron chi connectivity index (χ2n) is 3.11. The van der Waals surface area contributed by atoms with E-state index in [-0.39, 0.29) is 5.69 Å². The maximum Gasteiger partial charge on any atom is 0.357 e. The third kappa shape index (κ3) is 2.06. The van der Waals surface area contributed by atoms with Crippen LogP contribution in [0.5, 0.6) is 0 Å². The first-order valence-electron chi connectivity index (χ1n) is 4.53. The second-order valence-corrected chi connectivity index (χ2v) is 3.97. The molecule has 0 atom stereocenters. The highest BCUT2D eigenvalue weighted by Crippen LogP contribution is 2.20. The molecular weight excluding hydrogens is 226 g/mol. The molecule has 0 aliphatic heterocycles. The molecule has 0 aliphatic rings. The van der Waals surface area contributed by atoms with E-state index in [0.29, 0.717) is 10.8 Å². The van der Waals surface area contributed by atoms with Crippen LogP contribution in [-0.4, -0.2) is 28.0 Å². The predicted molar refractivity (Wildman–Crippen MR) is 59.2 cm³/mol. The molecule has 2 aromatic heterocycles. The number of hydrogen-bond donors (Lipinski definition) is 0. The van der Waals surface area contributed by atoms with Gasteiger partial charge in [0.15, 0.2) is 16.5 Å². The fourth-order valence-electron chi connectivity index (χ4n) is 1.08. The molecule has 16 heavy (non-hydrogen) atoms. The maximum atomic E-state index is 11.2. The summed E-state index contributed by atoms with van der Waals surface area (Å²) in [6.07, 6.45) is 3.42. The van der Waals surface area contributed by atoms with Crippen LogP contribution < -0.4 is 0 Å². The molecule has 2 heterocycles. The number of hydrogen-bond acceptors (Lipinski definition) is 6. The summed E-state index contributed by atoms with van der Waals surface area (Å²) in [6, 6.07) is 0. The summed E-state index contributed by atoms with van der Waals surface area (Å²) in [7, 11) is 1.32. The zero-order valence-corrected chi connectivity index (χ0v) is 9.61. The highest BCUT2D eigenvalue weighted by Gasteiger charge is 2.12. The third-order valence-electron chi connectivity index (χ3n) is 1.87. The predicted octanol–water partition coefficient (Wildman–Crippen LogP) is 1.70. The molecular formula is C10H9N3O2S. The molecule has 0 fully saturated rings. The van der Waals surface area contributed by atoms with Gasteiger partial charge in [-0.3, -0.25) is 0 Å². The van der Waals surface area contributed by atoms with Gasteiger partial charge in [0.25, 0.3) is 0 Å². The highest BCUT2D eigenvalue weighted by molar-refractivity contribution is 7.13. The minimum absolute atomic E-state index is 0.284. The van der Waals surface area contributed by atoms with Crippen LogP contribution in [0.2, 0.25) is 0 Å². The monoisotopic (exact) mass is 235 g/mol. The fourth-order valence-corrected chi connectivity index (χ4v) is 1.81. The van der Waals surface area contributed by atoms with Crippen molar-refractivity contribution in [2.45, 2.75) is 6.92 Å². The Morgan fingerprint density at radius 1 is 1.38 bits per heavy atom. The van der Waals surface area contributed by atoms with Gasteiger partial charge >= 0.3 is 5.97 Å². The third-order valence-corrected chi connectivity index (χ3v) is 2.71. The molecule has 0 spiro atoms. The van der Waals surface area contributed by atoms with Crippen LogP contribution in [0.3, 0.4) is 0 Å². The topological polar surface area (TPSA) is 65.0 Å². The summed E-state index contributed by atoms with van der Waals surface area (Å²) in [6.45, 7) is 1.91. The van der Waals surface area contributed by atoms with Gasteiger partial charge in [0.2, 0.25) is 0 Å². The summed E-state index contributed by atoms with van der Waals surface area (Å²) in [4.78, 5) is 23.6. The minimum Gasteiger partial charge on any atom is -0.464 e. The lowest BCUT2D eigenvalue weighted by Crippen LogP contribution is -2.01. The van der Waals surface area contributed by atoms with Crippen molar-refractivity contribution >= 4 is 17.3 Å². The Balaban J connectivity index is 2.31. The maximum absolute atomic E-state index is 11.2. The van der Waals surface area contributed by atoms with Crippen molar-refractivity contribution in [1.29, 1.82) is 0 Å². The highest BCUT2D eigenvalue weighted by atomic mass is 32.1. The molecule has 0 N–H and O–H groups in total. The number of carbonyl (C=O) groups excluding carboxylic acids is 1. The van der Waals surface area contributed by atoms with Gasteiger partial charge in [0.1, 0.15) is 0 Å². The molecule has 2 rings (SSSR count). The van der Waals surface area contributed by atoms with Crippen molar-refractivity contribution < 1.29 is 9.53 Å². The van der Waals surface area contributed by atoms with E-state index in [0.717, 1.165) is 5.56 Å². The number of methoxy groups -OCH3 is 1. The lowest BCUT2D eigenvalue weighted by Gasteiger charge is -1.94. The largest absolute Gasteiger partial charge is 0.464 e. The van der Waals surface area contributed by atoms with Gasteiger partial charge in [0, 0.05) is 17.8 Å². The molecule has 0 aromatic carbocycles. The Kier molecular flexibility index (Phi) is 2.91. The van der Waals surface area contributed by atoms with Crippen LogP contribution in [0.15, 0.2) is 17.8 Å². The van der Waals surface area contributed by atoms with E-state index in [1.165, 1.54) is 18.4 Å². The van der Waals surface area contributed by atoms with Gasteiger partial charge in [-0.15, -0.1) is 11.3 Å². The standard InChI is InChI=1S/C10H9N3O2S/c1-6-3-11-8(12-4-6)9-13-7(5-16-9)10(14)15-2/h3-5H,1-2H3. The molecule has 6 heteroatoms. The van der Waals surface area contributed by atoms with E-state index < -0.39 is 5.97 Å². The number of esters is 1. The zero-order chi connectivity index (χ0) is 11.5. The fraction of sp³-hybridized carbons (Fsp3) is 0.200. The normalized spacial score (nSPS) is 10.1. The lowest BCUT2D eigenvalue weighted by molar-refractivity contribution is 0.0595. The molecule has 0 aliphatic carbocycles. The lowest BCUT2D eigenvalue weighted by atomic mass is 10.4. The Hall–Kier alpha value is -1.82. The number of carbonyl (C=O) groups is 1. The first-order chi connectivity index (χ1) is 7.70. The average molecular weight is 235 g/mol. The quantitative estimate of drug-likeness (QED) is 0.741. The van der Waals surface area contributed by atoms with Crippen molar-refractivity contribution in [3.8, 4) is 10.8 Å². The summed E-state index contributed by atoms with van der Waals surface area (Å²) in [5.74, 6) is 0.0698. The zero-order valence-electron chi connectivity index (χ0n) is 8.80. The number of thiazole rings is 1. The van der Waals surface area contributed by atoms with Crippen molar-refractivity contribution in [1.82, 2.24) is 15.0 Å². The second kappa shape index (κ2) is 4.36. The number of aromatic nitrogens is 3. The SMILES string of the molecule is COC(=O)c1csc(-c2ncc(C)cn2)n1. The summed E-state index contributed by atoms with van der Waals surface area (Å²) in [5.41, 5.74) is 1.26. The molecule has 0 radical (unpaired) electrons. The van der Waals surface area contributed by atoms with E-state index in [4.69, 9.17) is 0 Å². The van der Waals surface area contributed by atoms with Gasteiger partial charge in [-0.05, 0) is 12.5 Å². The minimum atomic E-state index is -0.449. The number of aryl methyl sites for hydroxylation is 1. The van der Waals surface area contributed by atoms with Crippen LogP contribution in [-0.2, 0) is 4.74 Å². The first-order valence-corrected chi connectivity index (χ1v) is 5.41. The Labute approximate surface area is 96.2 Å².